The molecular weight excluding hydrogens is 258 g/mol. The van der Waals surface area contributed by atoms with Gasteiger partial charge in [-0.15, -0.1) is 0 Å². The van der Waals surface area contributed by atoms with E-state index in [0.717, 1.165) is 23.4 Å². The van der Waals surface area contributed by atoms with Crippen LogP contribution in [0.5, 0.6) is 5.75 Å². The Morgan fingerprint density at radius 2 is 1.90 bits per heavy atom. The van der Waals surface area contributed by atoms with Crippen LogP contribution in [0, 0.1) is 5.92 Å². The zero-order chi connectivity index (χ0) is 14.4. The minimum atomic E-state index is -0.504. The molecule has 0 aromatic heterocycles. The molecule has 2 atom stereocenters. The van der Waals surface area contributed by atoms with Crippen molar-refractivity contribution in [1.82, 2.24) is 0 Å². The maximum absolute atomic E-state index is 12.1. The van der Waals surface area contributed by atoms with E-state index in [1.807, 2.05) is 19.2 Å². The predicted octanol–water partition coefficient (Wildman–Crippen LogP) is 2.07. The minimum Gasteiger partial charge on any atom is -0.496 e. The van der Waals surface area contributed by atoms with Gasteiger partial charge >= 0.3 is 0 Å². The number of anilines is 1. The van der Waals surface area contributed by atoms with Gasteiger partial charge < -0.3 is 19.1 Å². The molecule has 2 aliphatic rings. The van der Waals surface area contributed by atoms with Gasteiger partial charge in [-0.1, -0.05) is 0 Å². The number of ether oxygens (including phenoxy) is 3. The molecule has 0 saturated heterocycles. The highest BCUT2D eigenvalue weighted by atomic mass is 16.7. The van der Waals surface area contributed by atoms with Gasteiger partial charge in [0.25, 0.3) is 0 Å². The number of methoxy groups -OCH3 is 3. The van der Waals surface area contributed by atoms with Crippen LogP contribution in [0.4, 0.5) is 5.69 Å². The summed E-state index contributed by atoms with van der Waals surface area (Å²) in [6.07, 6.45) is 0.437. The highest BCUT2D eigenvalue weighted by Gasteiger charge is 2.50. The number of hydrogen-bond donors (Lipinski definition) is 0. The monoisotopic (exact) mass is 277 g/mol. The van der Waals surface area contributed by atoms with Crippen molar-refractivity contribution in [3.8, 4) is 5.75 Å². The molecule has 1 heterocycles. The molecule has 5 nitrogen and oxygen atoms in total. The Bertz CT molecular complexity index is 553. The second-order valence-electron chi connectivity index (χ2n) is 5.30. The molecule has 1 aliphatic heterocycles. The van der Waals surface area contributed by atoms with Gasteiger partial charge in [-0.2, -0.15) is 0 Å². The average Bonchev–Trinajstić information content (AvgIpc) is 3.26. The van der Waals surface area contributed by atoms with Gasteiger partial charge in [0.1, 0.15) is 5.75 Å². The van der Waals surface area contributed by atoms with Crippen molar-refractivity contribution in [2.24, 2.45) is 5.92 Å². The van der Waals surface area contributed by atoms with Gasteiger partial charge in [0.15, 0.2) is 6.29 Å². The fourth-order valence-corrected chi connectivity index (χ4v) is 3.08. The van der Waals surface area contributed by atoms with Crippen molar-refractivity contribution in [1.29, 1.82) is 0 Å². The Hall–Kier alpha value is -1.59. The fraction of sp³-hybridized carbons (Fsp3) is 0.533. The van der Waals surface area contributed by atoms with Crippen molar-refractivity contribution in [2.45, 2.75) is 18.6 Å². The summed E-state index contributed by atoms with van der Waals surface area (Å²) in [6.45, 7) is 0. The second-order valence-corrected chi connectivity index (χ2v) is 5.30. The molecule has 5 heteroatoms. The van der Waals surface area contributed by atoms with Gasteiger partial charge in [-0.25, -0.2) is 0 Å². The summed E-state index contributed by atoms with van der Waals surface area (Å²) >= 11 is 0. The third kappa shape index (κ3) is 1.81. The summed E-state index contributed by atoms with van der Waals surface area (Å²) < 4.78 is 16.1. The Morgan fingerprint density at radius 1 is 1.20 bits per heavy atom. The Labute approximate surface area is 118 Å². The molecule has 1 amide bonds. The van der Waals surface area contributed by atoms with Crippen LogP contribution in [0.2, 0.25) is 0 Å². The number of carbonyl (C=O) groups is 1. The van der Waals surface area contributed by atoms with Crippen LogP contribution in [-0.2, 0) is 14.3 Å². The molecular formula is C15H19NO4. The van der Waals surface area contributed by atoms with Crippen molar-refractivity contribution in [2.75, 3.05) is 33.3 Å². The van der Waals surface area contributed by atoms with E-state index in [4.69, 9.17) is 14.2 Å². The number of rotatable bonds is 4. The summed E-state index contributed by atoms with van der Waals surface area (Å²) in [5.74, 6) is 1.44. The van der Waals surface area contributed by atoms with E-state index in [2.05, 4.69) is 0 Å². The summed E-state index contributed by atoms with van der Waals surface area (Å²) in [5.41, 5.74) is 2.92. The predicted molar refractivity (Wildman–Crippen MR) is 74.0 cm³/mol. The topological polar surface area (TPSA) is 48.0 Å². The van der Waals surface area contributed by atoms with E-state index >= 15 is 0 Å². The minimum absolute atomic E-state index is 0.156. The van der Waals surface area contributed by atoms with Crippen molar-refractivity contribution >= 4 is 11.6 Å². The van der Waals surface area contributed by atoms with Gasteiger partial charge in [-0.3, -0.25) is 4.79 Å². The first-order chi connectivity index (χ1) is 9.62. The van der Waals surface area contributed by atoms with E-state index in [9.17, 15) is 4.79 Å². The van der Waals surface area contributed by atoms with Crippen LogP contribution in [0.15, 0.2) is 12.1 Å². The number of benzene rings is 1. The molecule has 1 saturated carbocycles. The highest BCUT2D eigenvalue weighted by Crippen LogP contribution is 2.56. The molecule has 0 radical (unpaired) electrons. The van der Waals surface area contributed by atoms with Crippen molar-refractivity contribution < 1.29 is 19.0 Å². The molecule has 1 aromatic carbocycles. The lowest BCUT2D eigenvalue weighted by Crippen LogP contribution is -2.32. The third-order valence-corrected chi connectivity index (χ3v) is 4.26. The van der Waals surface area contributed by atoms with Gasteiger partial charge in [0.05, 0.1) is 12.7 Å². The zero-order valence-corrected chi connectivity index (χ0v) is 12.2. The lowest BCUT2D eigenvalue weighted by atomic mass is 9.98. The molecule has 0 bridgehead atoms. The maximum atomic E-state index is 12.1. The number of amides is 1. The molecule has 20 heavy (non-hydrogen) atoms. The summed E-state index contributed by atoms with van der Waals surface area (Å²) in [4.78, 5) is 13.9. The fourth-order valence-electron chi connectivity index (χ4n) is 3.08. The molecule has 0 N–H and O–H groups in total. The van der Waals surface area contributed by atoms with Gasteiger partial charge in [-0.05, 0) is 30.0 Å². The van der Waals surface area contributed by atoms with Crippen molar-refractivity contribution in [3.63, 3.8) is 0 Å². The normalized spacial score (nSPS) is 23.6. The maximum Gasteiger partial charge on any atom is 0.230 e. The highest BCUT2D eigenvalue weighted by molar-refractivity contribution is 6.01. The Morgan fingerprint density at radius 3 is 2.50 bits per heavy atom. The van der Waals surface area contributed by atoms with Gasteiger partial charge in [0.2, 0.25) is 5.91 Å². The van der Waals surface area contributed by atoms with E-state index in [0.29, 0.717) is 5.92 Å². The first-order valence-corrected chi connectivity index (χ1v) is 6.67. The van der Waals surface area contributed by atoms with Gasteiger partial charge in [0, 0.05) is 32.9 Å². The van der Waals surface area contributed by atoms with E-state index in [-0.39, 0.29) is 11.8 Å². The molecule has 1 aromatic rings. The number of nitrogens with zero attached hydrogens (tertiary/aromatic N) is 1. The number of hydrogen-bond acceptors (Lipinski definition) is 4. The van der Waals surface area contributed by atoms with Crippen LogP contribution in [0.3, 0.4) is 0 Å². The third-order valence-electron chi connectivity index (χ3n) is 4.26. The molecule has 1 aliphatic carbocycles. The number of fused-ring (bicyclic) bond motifs is 3. The van der Waals surface area contributed by atoms with Crippen LogP contribution in [-0.4, -0.2) is 34.3 Å². The van der Waals surface area contributed by atoms with E-state index < -0.39 is 6.29 Å². The van der Waals surface area contributed by atoms with Crippen molar-refractivity contribution in [3.05, 3.63) is 23.3 Å². The smallest absolute Gasteiger partial charge is 0.230 e. The summed E-state index contributed by atoms with van der Waals surface area (Å²) in [5, 5.41) is 0. The average molecular weight is 277 g/mol. The summed E-state index contributed by atoms with van der Waals surface area (Å²) in [6, 6.07) is 3.96. The second kappa shape index (κ2) is 4.75. The quantitative estimate of drug-likeness (QED) is 0.790. The largest absolute Gasteiger partial charge is 0.496 e. The molecule has 3 rings (SSSR count). The molecule has 1 fully saturated rings. The first kappa shape index (κ1) is 13.4. The SMILES string of the molecule is COc1cc2c(cc1C(OC)OC)N(C)C(=O)[C@@H]1CC21. The van der Waals surface area contributed by atoms with Crippen LogP contribution < -0.4 is 9.64 Å². The summed E-state index contributed by atoms with van der Waals surface area (Å²) in [7, 11) is 6.62. The van der Waals surface area contributed by atoms with E-state index in [1.54, 1.807) is 26.2 Å². The first-order valence-electron chi connectivity index (χ1n) is 6.67. The number of carbonyl (C=O) groups excluding carboxylic acids is 1. The van der Waals surface area contributed by atoms with Crippen LogP contribution >= 0.6 is 0 Å². The standard InChI is InChI=1S/C15H19NO4/c1-16-12-6-11(15(19-3)20-4)13(18-2)7-9(12)8-5-10(8)14(16)17/h6-8,10,15H,5H2,1-4H3/t8?,10-/m1/s1. The Kier molecular flexibility index (Phi) is 3.18. The lowest BCUT2D eigenvalue weighted by molar-refractivity contribution is -0.119. The molecule has 1 unspecified atom stereocenters. The zero-order valence-electron chi connectivity index (χ0n) is 12.2. The van der Waals surface area contributed by atoms with Crippen LogP contribution in [0.1, 0.15) is 29.8 Å². The molecule has 0 spiro atoms. The molecule has 108 valence electrons. The lowest BCUT2D eigenvalue weighted by Gasteiger charge is -2.28. The van der Waals surface area contributed by atoms with E-state index in [1.165, 1.54) is 5.56 Å². The van der Waals surface area contributed by atoms with Crippen LogP contribution in [0.25, 0.3) is 0 Å². The Balaban J connectivity index is 2.11.